The topological polar surface area (TPSA) is 65.1 Å². The molecule has 0 amide bonds. The molecule has 4 atom stereocenters. The van der Waals surface area contributed by atoms with Crippen LogP contribution in [0.25, 0.3) is 0 Å². The maximum atomic E-state index is 11.0. The average Bonchev–Trinajstić information content (AvgIpc) is 2.85. The first-order valence-electron chi connectivity index (χ1n) is 4.79. The van der Waals surface area contributed by atoms with Crippen molar-refractivity contribution in [3.05, 3.63) is 12.2 Å². The number of carbonyl (C=O) groups excluding carboxylic acids is 2. The van der Waals surface area contributed by atoms with E-state index in [1.54, 1.807) is 0 Å². The quantitative estimate of drug-likeness (QED) is 0.483. The molecule has 2 rings (SSSR count). The lowest BCUT2D eigenvalue weighted by Crippen LogP contribution is -2.40. The summed E-state index contributed by atoms with van der Waals surface area (Å²) < 4.78 is 15.3. The van der Waals surface area contributed by atoms with Gasteiger partial charge in [0.15, 0.2) is 12.2 Å². The van der Waals surface area contributed by atoms with E-state index in [-0.39, 0.29) is 12.2 Å². The van der Waals surface area contributed by atoms with Gasteiger partial charge >= 0.3 is 11.9 Å². The molecule has 1 fully saturated rings. The molecule has 2 aliphatic heterocycles. The van der Waals surface area contributed by atoms with E-state index in [9.17, 15) is 9.59 Å². The van der Waals surface area contributed by atoms with Crippen LogP contribution in [-0.4, -0.2) is 36.4 Å². The molecule has 0 unspecified atom stereocenters. The Morgan fingerprint density at radius 1 is 1.47 bits per heavy atom. The summed E-state index contributed by atoms with van der Waals surface area (Å²) in [5.41, 5.74) is 0. The number of carbonyl (C=O) groups is 2. The van der Waals surface area contributed by atoms with Crippen LogP contribution in [0.1, 0.15) is 13.8 Å². The van der Waals surface area contributed by atoms with Crippen LogP contribution in [-0.2, 0) is 23.8 Å². The van der Waals surface area contributed by atoms with Gasteiger partial charge < -0.3 is 14.2 Å². The van der Waals surface area contributed by atoms with Crippen molar-refractivity contribution in [2.45, 2.75) is 38.3 Å². The molecule has 5 heteroatoms. The second-order valence-corrected chi connectivity index (χ2v) is 3.64. The van der Waals surface area contributed by atoms with E-state index in [1.807, 2.05) is 6.92 Å². The van der Waals surface area contributed by atoms with Crippen LogP contribution in [0.4, 0.5) is 0 Å². The fourth-order valence-electron chi connectivity index (χ4n) is 1.62. The zero-order valence-electron chi connectivity index (χ0n) is 8.51. The first kappa shape index (κ1) is 10.2. The van der Waals surface area contributed by atoms with Crippen LogP contribution < -0.4 is 0 Å². The van der Waals surface area contributed by atoms with Gasteiger partial charge in [0.1, 0.15) is 6.10 Å². The minimum Gasteiger partial charge on any atom is -0.454 e. The third-order valence-corrected chi connectivity index (χ3v) is 2.38. The first-order chi connectivity index (χ1) is 7.08. The molecular formula is C10H12O5. The standard InChI is InChI=1S/C10H12O5/c1-5-9(13-5)10-7(14-6(2)11)3-4-8(12)15-10/h3-5,7,9-10H,1-2H3/t5-,7-,9-,10+/m1/s1. The van der Waals surface area contributed by atoms with Gasteiger partial charge in [0.05, 0.1) is 6.10 Å². The number of ether oxygens (including phenoxy) is 3. The predicted octanol–water partition coefficient (Wildman–Crippen LogP) is 0.187. The molecule has 2 aliphatic rings. The molecule has 0 bridgehead atoms. The summed E-state index contributed by atoms with van der Waals surface area (Å²) >= 11 is 0. The summed E-state index contributed by atoms with van der Waals surface area (Å²) in [6.07, 6.45) is 1.64. The van der Waals surface area contributed by atoms with Crippen LogP contribution in [0.15, 0.2) is 12.2 Å². The van der Waals surface area contributed by atoms with Crippen LogP contribution in [0.2, 0.25) is 0 Å². The Bertz CT molecular complexity index is 322. The van der Waals surface area contributed by atoms with Gasteiger partial charge in [0, 0.05) is 13.0 Å². The molecule has 0 saturated carbocycles. The second kappa shape index (κ2) is 3.66. The van der Waals surface area contributed by atoms with Crippen molar-refractivity contribution >= 4 is 11.9 Å². The molecule has 5 nitrogen and oxygen atoms in total. The summed E-state index contributed by atoms with van der Waals surface area (Å²) in [6, 6.07) is 0. The van der Waals surface area contributed by atoms with Crippen molar-refractivity contribution in [1.82, 2.24) is 0 Å². The van der Waals surface area contributed by atoms with Crippen molar-refractivity contribution in [3.8, 4) is 0 Å². The molecule has 2 heterocycles. The minimum atomic E-state index is -0.532. The van der Waals surface area contributed by atoms with Gasteiger partial charge in [-0.15, -0.1) is 0 Å². The van der Waals surface area contributed by atoms with Crippen molar-refractivity contribution in [2.24, 2.45) is 0 Å². The highest BCUT2D eigenvalue weighted by molar-refractivity contribution is 5.83. The lowest BCUT2D eigenvalue weighted by atomic mass is 10.1. The molecule has 0 aromatic heterocycles. The number of cyclic esters (lactones) is 1. The average molecular weight is 212 g/mol. The van der Waals surface area contributed by atoms with E-state index >= 15 is 0 Å². The van der Waals surface area contributed by atoms with Gasteiger partial charge in [-0.25, -0.2) is 4.79 Å². The number of rotatable bonds is 2. The van der Waals surface area contributed by atoms with E-state index in [1.165, 1.54) is 19.1 Å². The summed E-state index contributed by atoms with van der Waals surface area (Å²) in [4.78, 5) is 21.9. The molecule has 15 heavy (non-hydrogen) atoms. The molecule has 0 N–H and O–H groups in total. The second-order valence-electron chi connectivity index (χ2n) is 3.64. The Hall–Kier alpha value is -1.36. The predicted molar refractivity (Wildman–Crippen MR) is 48.9 cm³/mol. The monoisotopic (exact) mass is 212 g/mol. The summed E-state index contributed by atoms with van der Waals surface area (Å²) in [7, 11) is 0. The van der Waals surface area contributed by atoms with E-state index < -0.39 is 24.1 Å². The van der Waals surface area contributed by atoms with Gasteiger partial charge in [0.25, 0.3) is 0 Å². The zero-order valence-corrected chi connectivity index (χ0v) is 8.51. The molecule has 0 aromatic carbocycles. The van der Waals surface area contributed by atoms with E-state index in [0.29, 0.717) is 0 Å². The van der Waals surface area contributed by atoms with Gasteiger partial charge in [-0.05, 0) is 13.0 Å². The maximum absolute atomic E-state index is 11.0. The third kappa shape index (κ3) is 2.18. The number of hydrogen-bond acceptors (Lipinski definition) is 5. The van der Waals surface area contributed by atoms with Crippen molar-refractivity contribution in [1.29, 1.82) is 0 Å². The number of epoxide rings is 1. The van der Waals surface area contributed by atoms with Gasteiger partial charge in [-0.3, -0.25) is 4.79 Å². The van der Waals surface area contributed by atoms with Gasteiger partial charge in [0.2, 0.25) is 0 Å². The van der Waals surface area contributed by atoms with E-state index in [4.69, 9.17) is 14.2 Å². The number of hydrogen-bond donors (Lipinski definition) is 0. The van der Waals surface area contributed by atoms with E-state index in [2.05, 4.69) is 0 Å². The molecule has 82 valence electrons. The van der Waals surface area contributed by atoms with Gasteiger partial charge in [-0.2, -0.15) is 0 Å². The lowest BCUT2D eigenvalue weighted by Gasteiger charge is -2.25. The Balaban J connectivity index is 2.07. The van der Waals surface area contributed by atoms with E-state index in [0.717, 1.165) is 0 Å². The van der Waals surface area contributed by atoms with Crippen molar-refractivity contribution in [3.63, 3.8) is 0 Å². The molecular weight excluding hydrogens is 200 g/mol. The highest BCUT2D eigenvalue weighted by atomic mass is 16.6. The molecule has 1 saturated heterocycles. The minimum absolute atomic E-state index is 0.0485. The zero-order chi connectivity index (χ0) is 11.0. The first-order valence-corrected chi connectivity index (χ1v) is 4.79. The highest BCUT2D eigenvalue weighted by Crippen LogP contribution is 2.31. The third-order valence-electron chi connectivity index (χ3n) is 2.38. The summed E-state index contributed by atoms with van der Waals surface area (Å²) in [6.45, 7) is 3.19. The molecule has 0 aromatic rings. The Morgan fingerprint density at radius 3 is 2.67 bits per heavy atom. The molecule has 0 aliphatic carbocycles. The van der Waals surface area contributed by atoms with Crippen LogP contribution in [0, 0.1) is 0 Å². The smallest absolute Gasteiger partial charge is 0.331 e. The SMILES string of the molecule is CC(=O)O[C@@H]1C=CC(=O)O[C@@H]1[C@@H]1O[C@@H]1C. The fraction of sp³-hybridized carbons (Fsp3) is 0.600. The molecule has 0 spiro atoms. The normalized spacial score (nSPS) is 38.4. The van der Waals surface area contributed by atoms with Gasteiger partial charge in [-0.1, -0.05) is 0 Å². The van der Waals surface area contributed by atoms with Crippen LogP contribution in [0.3, 0.4) is 0 Å². The van der Waals surface area contributed by atoms with Crippen LogP contribution >= 0.6 is 0 Å². The Kier molecular flexibility index (Phi) is 2.48. The number of esters is 2. The highest BCUT2D eigenvalue weighted by Gasteiger charge is 2.49. The fourth-order valence-corrected chi connectivity index (χ4v) is 1.62. The summed E-state index contributed by atoms with van der Waals surface area (Å²) in [5.74, 6) is -0.827. The largest absolute Gasteiger partial charge is 0.454 e. The Morgan fingerprint density at radius 2 is 2.13 bits per heavy atom. The lowest BCUT2D eigenvalue weighted by molar-refractivity contribution is -0.163. The summed E-state index contributed by atoms with van der Waals surface area (Å²) in [5, 5.41) is 0. The van der Waals surface area contributed by atoms with Crippen molar-refractivity contribution < 1.29 is 23.8 Å². The van der Waals surface area contributed by atoms with Crippen LogP contribution in [0.5, 0.6) is 0 Å². The molecule has 0 radical (unpaired) electrons. The van der Waals surface area contributed by atoms with Crippen molar-refractivity contribution in [2.75, 3.05) is 0 Å². The Labute approximate surface area is 87.0 Å². The maximum Gasteiger partial charge on any atom is 0.331 e.